The number of halogens is 2. The highest BCUT2D eigenvalue weighted by Gasteiger charge is 2.38. The van der Waals surface area contributed by atoms with Gasteiger partial charge in [-0.1, -0.05) is 29.3 Å². The molecular formula is C11H12Cl2O2. The summed E-state index contributed by atoms with van der Waals surface area (Å²) in [4.78, 5) is 0. The van der Waals surface area contributed by atoms with Crippen molar-refractivity contribution in [3.8, 4) is 0 Å². The van der Waals surface area contributed by atoms with Crippen LogP contribution in [0.25, 0.3) is 0 Å². The van der Waals surface area contributed by atoms with Gasteiger partial charge in [-0.3, -0.25) is 0 Å². The number of benzene rings is 1. The zero-order chi connectivity index (χ0) is 10.9. The molecule has 1 N–H and O–H groups in total. The molecular weight excluding hydrogens is 235 g/mol. The fourth-order valence-electron chi connectivity index (χ4n) is 1.71. The lowest BCUT2D eigenvalue weighted by molar-refractivity contribution is -0.135. The van der Waals surface area contributed by atoms with E-state index in [2.05, 4.69) is 0 Å². The van der Waals surface area contributed by atoms with E-state index in [1.165, 1.54) is 0 Å². The zero-order valence-electron chi connectivity index (χ0n) is 8.17. The number of aliphatic hydroxyl groups is 1. The summed E-state index contributed by atoms with van der Waals surface area (Å²) in [6.07, 6.45) is 0.736. The Morgan fingerprint density at radius 1 is 1.33 bits per heavy atom. The van der Waals surface area contributed by atoms with Gasteiger partial charge in [-0.15, -0.1) is 0 Å². The number of rotatable bonds is 3. The van der Waals surface area contributed by atoms with Gasteiger partial charge >= 0.3 is 0 Å². The third kappa shape index (κ3) is 2.28. The van der Waals surface area contributed by atoms with Crippen molar-refractivity contribution in [2.45, 2.75) is 6.42 Å². The van der Waals surface area contributed by atoms with Gasteiger partial charge in [-0.05, 0) is 24.1 Å². The van der Waals surface area contributed by atoms with Crippen LogP contribution in [0.15, 0.2) is 18.2 Å². The number of hydrogen-bond donors (Lipinski definition) is 1. The molecule has 0 aromatic heterocycles. The lowest BCUT2D eigenvalue weighted by atomic mass is 9.80. The molecule has 1 aromatic carbocycles. The van der Waals surface area contributed by atoms with Gasteiger partial charge in [0.1, 0.15) is 0 Å². The molecule has 0 bridgehead atoms. The van der Waals surface area contributed by atoms with E-state index in [4.69, 9.17) is 27.9 Å². The second-order valence-corrected chi connectivity index (χ2v) is 4.91. The van der Waals surface area contributed by atoms with Crippen LogP contribution in [-0.4, -0.2) is 24.9 Å². The third-order valence-electron chi connectivity index (χ3n) is 2.73. The number of aliphatic hydroxyl groups excluding tert-OH is 1. The van der Waals surface area contributed by atoms with Crippen LogP contribution in [0.5, 0.6) is 0 Å². The molecule has 1 aliphatic rings. The smallest absolute Gasteiger partial charge is 0.0570 e. The minimum absolute atomic E-state index is 0.131. The molecule has 15 heavy (non-hydrogen) atoms. The first-order valence-corrected chi connectivity index (χ1v) is 5.53. The molecule has 0 unspecified atom stereocenters. The molecule has 1 aliphatic heterocycles. The zero-order valence-corrected chi connectivity index (χ0v) is 9.68. The van der Waals surface area contributed by atoms with Gasteiger partial charge in [0.15, 0.2) is 0 Å². The molecule has 1 heterocycles. The molecule has 0 amide bonds. The van der Waals surface area contributed by atoms with Crippen LogP contribution in [0.1, 0.15) is 5.56 Å². The van der Waals surface area contributed by atoms with E-state index in [-0.39, 0.29) is 12.0 Å². The summed E-state index contributed by atoms with van der Waals surface area (Å²) in [6, 6.07) is 5.44. The molecule has 0 saturated carbocycles. The van der Waals surface area contributed by atoms with Crippen LogP contribution in [0.3, 0.4) is 0 Å². The largest absolute Gasteiger partial charge is 0.396 e. The number of ether oxygens (including phenoxy) is 1. The first kappa shape index (κ1) is 11.2. The SMILES string of the molecule is OCC1(Cc2ccc(Cl)cc2Cl)COC1. The average Bonchev–Trinajstić information content (AvgIpc) is 2.14. The van der Waals surface area contributed by atoms with Gasteiger partial charge in [0.2, 0.25) is 0 Å². The van der Waals surface area contributed by atoms with E-state index >= 15 is 0 Å². The summed E-state index contributed by atoms with van der Waals surface area (Å²) in [5.74, 6) is 0. The summed E-state index contributed by atoms with van der Waals surface area (Å²) in [6.45, 7) is 1.33. The van der Waals surface area contributed by atoms with Crippen molar-refractivity contribution < 1.29 is 9.84 Å². The fourth-order valence-corrected chi connectivity index (χ4v) is 2.18. The average molecular weight is 247 g/mol. The van der Waals surface area contributed by atoms with Crippen LogP contribution >= 0.6 is 23.2 Å². The summed E-state index contributed by atoms with van der Waals surface area (Å²) in [5.41, 5.74) is 0.871. The minimum atomic E-state index is -0.141. The Labute approximate surface area is 98.8 Å². The highest BCUT2D eigenvalue weighted by atomic mass is 35.5. The molecule has 0 aliphatic carbocycles. The Balaban J connectivity index is 2.16. The van der Waals surface area contributed by atoms with Gasteiger partial charge in [-0.2, -0.15) is 0 Å². The van der Waals surface area contributed by atoms with E-state index in [0.29, 0.717) is 23.3 Å². The second-order valence-electron chi connectivity index (χ2n) is 4.06. The molecule has 2 nitrogen and oxygen atoms in total. The van der Waals surface area contributed by atoms with Crippen LogP contribution in [0.4, 0.5) is 0 Å². The summed E-state index contributed by atoms with van der Waals surface area (Å²) < 4.78 is 5.14. The van der Waals surface area contributed by atoms with E-state index in [1.807, 2.05) is 12.1 Å². The second kappa shape index (κ2) is 4.30. The molecule has 1 saturated heterocycles. The molecule has 0 spiro atoms. The topological polar surface area (TPSA) is 29.5 Å². The molecule has 4 heteroatoms. The molecule has 1 aromatic rings. The summed E-state index contributed by atoms with van der Waals surface area (Å²) in [7, 11) is 0. The van der Waals surface area contributed by atoms with E-state index in [0.717, 1.165) is 12.0 Å². The Bertz CT molecular complexity index is 356. The van der Waals surface area contributed by atoms with Crippen molar-refractivity contribution in [1.29, 1.82) is 0 Å². The van der Waals surface area contributed by atoms with Crippen molar-refractivity contribution in [2.24, 2.45) is 5.41 Å². The Hall–Kier alpha value is -0.280. The molecule has 0 atom stereocenters. The fraction of sp³-hybridized carbons (Fsp3) is 0.455. The van der Waals surface area contributed by atoms with Gasteiger partial charge in [0.05, 0.1) is 19.8 Å². The van der Waals surface area contributed by atoms with E-state index in [1.54, 1.807) is 6.07 Å². The van der Waals surface area contributed by atoms with Crippen LogP contribution in [-0.2, 0) is 11.2 Å². The predicted molar refractivity (Wildman–Crippen MR) is 60.5 cm³/mol. The number of hydrogen-bond acceptors (Lipinski definition) is 2. The van der Waals surface area contributed by atoms with Gasteiger partial charge in [0, 0.05) is 15.5 Å². The molecule has 2 rings (SSSR count). The quantitative estimate of drug-likeness (QED) is 0.889. The van der Waals surface area contributed by atoms with Crippen molar-refractivity contribution in [3.63, 3.8) is 0 Å². The van der Waals surface area contributed by atoms with E-state index < -0.39 is 0 Å². The molecule has 1 fully saturated rings. The van der Waals surface area contributed by atoms with Crippen LogP contribution < -0.4 is 0 Å². The summed E-state index contributed by atoms with van der Waals surface area (Å²) >= 11 is 11.9. The third-order valence-corrected chi connectivity index (χ3v) is 3.32. The monoisotopic (exact) mass is 246 g/mol. The van der Waals surface area contributed by atoms with Crippen molar-refractivity contribution in [3.05, 3.63) is 33.8 Å². The van der Waals surface area contributed by atoms with Crippen LogP contribution in [0.2, 0.25) is 10.0 Å². The van der Waals surface area contributed by atoms with Gasteiger partial charge in [0.25, 0.3) is 0 Å². The van der Waals surface area contributed by atoms with Gasteiger partial charge in [-0.25, -0.2) is 0 Å². The maximum atomic E-state index is 9.29. The summed E-state index contributed by atoms with van der Waals surface area (Å²) in [5, 5.41) is 10.6. The van der Waals surface area contributed by atoms with Crippen molar-refractivity contribution >= 4 is 23.2 Å². The predicted octanol–water partition coefficient (Wildman–Crippen LogP) is 2.54. The Morgan fingerprint density at radius 2 is 2.07 bits per heavy atom. The first-order valence-electron chi connectivity index (χ1n) is 4.78. The van der Waals surface area contributed by atoms with Crippen LogP contribution in [0, 0.1) is 5.41 Å². The van der Waals surface area contributed by atoms with Crippen molar-refractivity contribution in [2.75, 3.05) is 19.8 Å². The maximum absolute atomic E-state index is 9.29. The minimum Gasteiger partial charge on any atom is -0.396 e. The standard InChI is InChI=1S/C11H12Cl2O2/c12-9-2-1-8(10(13)3-9)4-11(5-14)6-15-7-11/h1-3,14H,4-7H2. The molecule has 0 radical (unpaired) electrons. The van der Waals surface area contributed by atoms with Crippen molar-refractivity contribution in [1.82, 2.24) is 0 Å². The maximum Gasteiger partial charge on any atom is 0.0570 e. The first-order chi connectivity index (χ1) is 7.15. The Morgan fingerprint density at radius 3 is 2.53 bits per heavy atom. The lowest BCUT2D eigenvalue weighted by Crippen LogP contribution is -2.47. The lowest BCUT2D eigenvalue weighted by Gasteiger charge is -2.40. The Kier molecular flexibility index (Phi) is 3.21. The highest BCUT2D eigenvalue weighted by molar-refractivity contribution is 6.35. The highest BCUT2D eigenvalue weighted by Crippen LogP contribution is 2.34. The normalized spacial score (nSPS) is 18.6. The van der Waals surface area contributed by atoms with E-state index in [9.17, 15) is 5.11 Å². The molecule has 82 valence electrons. The van der Waals surface area contributed by atoms with Gasteiger partial charge < -0.3 is 9.84 Å².